The maximum Gasteiger partial charge on any atom is 0.331 e. The van der Waals surface area contributed by atoms with E-state index in [1.54, 1.807) is 53.7 Å². The van der Waals surface area contributed by atoms with Gasteiger partial charge in [-0.05, 0) is 61.7 Å². The molecule has 1 aliphatic rings. The number of phenolic OH excluding ortho intramolecular Hbond substituents is 1. The van der Waals surface area contributed by atoms with Crippen molar-refractivity contribution in [2.24, 2.45) is 5.73 Å². The average Bonchev–Trinajstić information content (AvgIpc) is 3.80. The Morgan fingerprint density at radius 2 is 1.44 bits per heavy atom. The number of ether oxygens (including phenoxy) is 2. The molecule has 16 heteroatoms. The van der Waals surface area contributed by atoms with Crippen molar-refractivity contribution in [3.05, 3.63) is 66.0 Å². The number of benzene rings is 2. The van der Waals surface area contributed by atoms with Crippen molar-refractivity contribution in [3.8, 4) is 28.3 Å². The minimum Gasteiger partial charge on any atom is -0.508 e. The van der Waals surface area contributed by atoms with Crippen LogP contribution in [-0.4, -0.2) is 105 Å². The first-order valence-corrected chi connectivity index (χ1v) is 15.4. The molecule has 0 unspecified atom stereocenters. The van der Waals surface area contributed by atoms with Gasteiger partial charge < -0.3 is 30.5 Å². The van der Waals surface area contributed by atoms with Crippen LogP contribution in [0.25, 0.3) is 22.5 Å². The first-order chi connectivity index (χ1) is 22.8. The molecule has 48 heavy (non-hydrogen) atoms. The third-order valence-corrected chi connectivity index (χ3v) is 8.08. The molecule has 2 atom stereocenters. The average molecular weight is 682 g/mol. The zero-order valence-corrected chi connectivity index (χ0v) is 27.6. The Kier molecular flexibility index (Phi) is 12.6. The van der Waals surface area contributed by atoms with Crippen LogP contribution in [0.4, 0.5) is 0 Å². The Labute approximate surface area is 283 Å². The number of hydrogen-bond donors (Lipinski definition) is 3. The van der Waals surface area contributed by atoms with Crippen LogP contribution in [0.1, 0.15) is 47.3 Å². The van der Waals surface area contributed by atoms with E-state index in [9.17, 15) is 19.5 Å². The zero-order valence-electron chi connectivity index (χ0n) is 26.8. The van der Waals surface area contributed by atoms with E-state index in [4.69, 9.17) is 15.2 Å². The summed E-state index contributed by atoms with van der Waals surface area (Å²) in [6.07, 6.45) is 5.47. The molecule has 2 aromatic carbocycles. The summed E-state index contributed by atoms with van der Waals surface area (Å²) in [7, 11) is 2.63. The van der Waals surface area contributed by atoms with Crippen LogP contribution in [0, 0.1) is 0 Å². The smallest absolute Gasteiger partial charge is 0.331 e. The van der Waals surface area contributed by atoms with Crippen molar-refractivity contribution in [3.63, 3.8) is 0 Å². The van der Waals surface area contributed by atoms with Crippen molar-refractivity contribution < 1.29 is 29.0 Å². The van der Waals surface area contributed by atoms with Gasteiger partial charge in [-0.3, -0.25) is 4.79 Å². The molecule has 0 aliphatic carbocycles. The summed E-state index contributed by atoms with van der Waals surface area (Å²) < 4.78 is 13.0. The Hall–Kier alpha value is -4.86. The highest BCUT2D eigenvalue weighted by Crippen LogP contribution is 2.29. The molecule has 4 aromatic rings. The Morgan fingerprint density at radius 1 is 0.875 bits per heavy atom. The number of phenols is 1. The summed E-state index contributed by atoms with van der Waals surface area (Å²) >= 11 is 0. The van der Waals surface area contributed by atoms with Crippen molar-refractivity contribution in [2.45, 2.75) is 37.8 Å². The van der Waals surface area contributed by atoms with E-state index in [2.05, 4.69) is 25.9 Å². The van der Waals surface area contributed by atoms with Crippen molar-refractivity contribution in [1.82, 2.24) is 40.2 Å². The molecule has 15 nitrogen and oxygen atoms in total. The number of nitrogens with one attached hydrogen (secondary N) is 1. The molecule has 5 rings (SSSR count). The van der Waals surface area contributed by atoms with E-state index in [-0.39, 0.29) is 30.5 Å². The van der Waals surface area contributed by atoms with Gasteiger partial charge >= 0.3 is 11.9 Å². The quantitative estimate of drug-likeness (QED) is 0.138. The largest absolute Gasteiger partial charge is 0.508 e. The second kappa shape index (κ2) is 16.8. The lowest BCUT2D eigenvalue weighted by Gasteiger charge is -2.27. The van der Waals surface area contributed by atoms with Crippen LogP contribution in [0.15, 0.2) is 54.9 Å². The van der Waals surface area contributed by atoms with Crippen LogP contribution in [0.5, 0.6) is 5.75 Å². The highest BCUT2D eigenvalue weighted by Gasteiger charge is 2.26. The monoisotopic (exact) mass is 681 g/mol. The van der Waals surface area contributed by atoms with Crippen LogP contribution >= 0.6 is 12.4 Å². The van der Waals surface area contributed by atoms with Crippen LogP contribution < -0.4 is 11.1 Å². The first kappa shape index (κ1) is 36.0. The standard InChI is InChI=1S/C32H39N9O6.ClH/c1-46-31(44)28(5-3-4-10-33)40-19-26(35-37-40)22-16-23(18-24(17-22)30(43)39-13-11-34-12-14-39)27-20-41(38-36-27)29(32(45)47-2)15-21-6-8-25(42)9-7-21;/h6-9,16-20,28-29,34,42H,3-5,10-15,33H2,1-2H3;1H/t28-,29+;/m0./s1. The molecule has 1 aliphatic heterocycles. The number of esters is 2. The number of piperazine rings is 1. The summed E-state index contributed by atoms with van der Waals surface area (Å²) in [5.74, 6) is -0.986. The number of nitrogens with two attached hydrogens (primary N) is 1. The molecule has 0 spiro atoms. The summed E-state index contributed by atoms with van der Waals surface area (Å²) in [4.78, 5) is 40.9. The van der Waals surface area contributed by atoms with Crippen molar-refractivity contribution in [2.75, 3.05) is 46.9 Å². The second-order valence-electron chi connectivity index (χ2n) is 11.2. The Bertz CT molecular complexity index is 1690. The van der Waals surface area contributed by atoms with Crippen molar-refractivity contribution >= 4 is 30.3 Å². The molecule has 256 valence electrons. The van der Waals surface area contributed by atoms with Gasteiger partial charge in [0.2, 0.25) is 0 Å². The molecule has 0 bridgehead atoms. The second-order valence-corrected chi connectivity index (χ2v) is 11.2. The van der Waals surface area contributed by atoms with Gasteiger partial charge in [0, 0.05) is 49.3 Å². The molecule has 4 N–H and O–H groups in total. The van der Waals surface area contributed by atoms with Crippen molar-refractivity contribution in [1.29, 1.82) is 0 Å². The van der Waals surface area contributed by atoms with Gasteiger partial charge in [-0.15, -0.1) is 22.6 Å². The molecule has 2 aromatic heterocycles. The topological polar surface area (TPSA) is 193 Å². The van der Waals surface area contributed by atoms with Gasteiger partial charge in [0.1, 0.15) is 17.1 Å². The van der Waals surface area contributed by atoms with Crippen LogP contribution in [0.2, 0.25) is 0 Å². The maximum absolute atomic E-state index is 13.7. The molecule has 1 saturated heterocycles. The molecular formula is C32H40ClN9O6. The highest BCUT2D eigenvalue weighted by molar-refractivity contribution is 5.97. The minimum absolute atomic E-state index is 0. The predicted molar refractivity (Wildman–Crippen MR) is 177 cm³/mol. The van der Waals surface area contributed by atoms with E-state index in [1.165, 1.54) is 23.6 Å². The van der Waals surface area contributed by atoms with Gasteiger partial charge in [-0.2, -0.15) is 0 Å². The summed E-state index contributed by atoms with van der Waals surface area (Å²) in [5.41, 5.74) is 8.88. The number of unbranched alkanes of at least 4 members (excludes halogenated alkanes) is 1. The minimum atomic E-state index is -0.828. The van der Waals surface area contributed by atoms with Gasteiger partial charge in [-0.25, -0.2) is 19.0 Å². The highest BCUT2D eigenvalue weighted by atomic mass is 35.5. The van der Waals surface area contributed by atoms with E-state index < -0.39 is 24.0 Å². The fourth-order valence-electron chi connectivity index (χ4n) is 5.47. The maximum atomic E-state index is 13.7. The summed E-state index contributed by atoms with van der Waals surface area (Å²) in [6.45, 7) is 3.01. The lowest BCUT2D eigenvalue weighted by atomic mass is 10.0. The van der Waals surface area contributed by atoms with Crippen LogP contribution in [0.3, 0.4) is 0 Å². The van der Waals surface area contributed by atoms with E-state index in [1.807, 2.05) is 6.07 Å². The number of carbonyl (C=O) groups excluding carboxylic acids is 3. The third kappa shape index (κ3) is 8.53. The van der Waals surface area contributed by atoms with E-state index in [0.717, 1.165) is 12.0 Å². The number of hydrogen-bond acceptors (Lipinski definition) is 12. The molecule has 1 fully saturated rings. The van der Waals surface area contributed by atoms with E-state index in [0.29, 0.717) is 73.6 Å². The molecule has 0 saturated carbocycles. The fourth-order valence-corrected chi connectivity index (χ4v) is 5.47. The van der Waals surface area contributed by atoms with Gasteiger partial charge in [0.05, 0.1) is 26.6 Å². The number of halogens is 1. The predicted octanol–water partition coefficient (Wildman–Crippen LogP) is 2.18. The van der Waals surface area contributed by atoms with Gasteiger partial charge in [-0.1, -0.05) is 22.6 Å². The van der Waals surface area contributed by atoms with E-state index >= 15 is 0 Å². The number of aromatic hydroxyl groups is 1. The number of aromatic nitrogens is 6. The summed E-state index contributed by atoms with van der Waals surface area (Å²) in [5, 5.41) is 30.1. The number of carbonyl (C=O) groups is 3. The lowest BCUT2D eigenvalue weighted by Crippen LogP contribution is -2.46. The number of methoxy groups -OCH3 is 2. The number of rotatable bonds is 13. The molecular weight excluding hydrogens is 642 g/mol. The zero-order chi connectivity index (χ0) is 33.3. The molecule has 3 heterocycles. The molecule has 1 amide bonds. The summed E-state index contributed by atoms with van der Waals surface area (Å²) in [6, 6.07) is 10.3. The molecule has 0 radical (unpaired) electrons. The van der Waals surface area contributed by atoms with Gasteiger partial charge in [0.15, 0.2) is 12.1 Å². The number of amides is 1. The number of nitrogens with zero attached hydrogens (tertiary/aromatic N) is 7. The third-order valence-electron chi connectivity index (χ3n) is 8.08. The van der Waals surface area contributed by atoms with Crippen LogP contribution in [-0.2, 0) is 25.5 Å². The Balaban J connectivity index is 0.00000520. The SMILES string of the molecule is COC(=O)[C@@H](Cc1ccc(O)cc1)n1cc(-c2cc(C(=O)N3CCNCC3)cc(-c3cn([C@@H](CCCCN)C(=O)OC)nn3)c2)nn1.Cl. The lowest BCUT2D eigenvalue weighted by molar-refractivity contribution is -0.146. The fraction of sp³-hybridized carbons (Fsp3) is 0.406. The van der Waals surface area contributed by atoms with Gasteiger partial charge in [0.25, 0.3) is 5.91 Å². The Morgan fingerprint density at radius 3 is 2.00 bits per heavy atom. The normalized spacial score (nSPS) is 14.1. The first-order valence-electron chi connectivity index (χ1n) is 15.4.